The van der Waals surface area contributed by atoms with Crippen molar-refractivity contribution in [3.63, 3.8) is 0 Å². The number of esters is 3. The maximum atomic E-state index is 13.1. The molecule has 4 rings (SSSR count). The highest BCUT2D eigenvalue weighted by Gasteiger charge is 2.52. The summed E-state index contributed by atoms with van der Waals surface area (Å²) in [6.45, 7) is -0.592. The number of carbonyl (C=O) groups is 3. The van der Waals surface area contributed by atoms with E-state index in [2.05, 4.69) is 0 Å². The Kier molecular flexibility index (Phi) is 8.63. The van der Waals surface area contributed by atoms with Crippen molar-refractivity contribution < 1.29 is 43.2 Å². The minimum Gasteiger partial charge on any atom is -0.452 e. The van der Waals surface area contributed by atoms with E-state index in [-0.39, 0.29) is 16.7 Å². The van der Waals surface area contributed by atoms with Gasteiger partial charge in [0.15, 0.2) is 24.6 Å². The summed E-state index contributed by atoms with van der Waals surface area (Å²) in [7, 11) is 1.31. The highest BCUT2D eigenvalue weighted by molar-refractivity contribution is 5.91. The van der Waals surface area contributed by atoms with Crippen LogP contribution in [-0.2, 0) is 23.7 Å². The third-order valence-electron chi connectivity index (χ3n) is 5.76. The molecule has 9 heteroatoms. The first-order valence-electron chi connectivity index (χ1n) is 11.6. The van der Waals surface area contributed by atoms with Crippen LogP contribution in [0.5, 0.6) is 0 Å². The number of hydrogen-bond donors (Lipinski definition) is 1. The van der Waals surface area contributed by atoms with E-state index >= 15 is 0 Å². The Morgan fingerprint density at radius 3 is 1.41 bits per heavy atom. The van der Waals surface area contributed by atoms with Crippen molar-refractivity contribution in [1.82, 2.24) is 0 Å². The molecule has 9 nitrogen and oxygen atoms in total. The van der Waals surface area contributed by atoms with Crippen molar-refractivity contribution in [2.45, 2.75) is 30.7 Å². The molecule has 0 amide bonds. The Hall–Kier alpha value is -4.05. The molecule has 1 N–H and O–H groups in total. The van der Waals surface area contributed by atoms with Crippen LogP contribution >= 0.6 is 0 Å². The van der Waals surface area contributed by atoms with Gasteiger partial charge in [-0.05, 0) is 36.4 Å². The van der Waals surface area contributed by atoms with Crippen molar-refractivity contribution in [2.75, 3.05) is 13.7 Å². The van der Waals surface area contributed by atoms with Crippen molar-refractivity contribution >= 4 is 17.9 Å². The highest BCUT2D eigenvalue weighted by atomic mass is 16.7. The van der Waals surface area contributed by atoms with Gasteiger partial charge in [0.05, 0.1) is 23.3 Å². The second-order valence-electron chi connectivity index (χ2n) is 8.17. The van der Waals surface area contributed by atoms with Crippen molar-refractivity contribution in [1.29, 1.82) is 0 Å². The van der Waals surface area contributed by atoms with E-state index < -0.39 is 55.2 Å². The maximum absolute atomic E-state index is 13.1. The van der Waals surface area contributed by atoms with Gasteiger partial charge in [-0.1, -0.05) is 54.6 Å². The lowest BCUT2D eigenvalue weighted by molar-refractivity contribution is -0.292. The van der Waals surface area contributed by atoms with Crippen LogP contribution in [0.4, 0.5) is 0 Å². The van der Waals surface area contributed by atoms with Gasteiger partial charge in [-0.25, -0.2) is 14.4 Å². The molecule has 1 aliphatic heterocycles. The van der Waals surface area contributed by atoms with Gasteiger partial charge in [0.1, 0.15) is 6.10 Å². The van der Waals surface area contributed by atoms with E-state index in [1.807, 2.05) is 0 Å². The standard InChI is InChI=1S/C28H26O9/c1-33-28-24(37-27(32)20-15-9-4-10-16-20)23(36-26(31)19-13-7-3-8-14-19)22(21(17-29)34-28)35-25(30)18-11-5-2-6-12-18/h2-16,21-24,28-29H,17H2,1H3/t21-,22-,23-,24-,28-/m1/s1. The first-order chi connectivity index (χ1) is 18.0. The van der Waals surface area contributed by atoms with Crippen LogP contribution < -0.4 is 0 Å². The molecule has 192 valence electrons. The molecular weight excluding hydrogens is 480 g/mol. The average Bonchev–Trinajstić information content (AvgIpc) is 2.95. The first kappa shape index (κ1) is 26.0. The number of ether oxygens (including phenoxy) is 5. The van der Waals surface area contributed by atoms with Crippen molar-refractivity contribution in [3.8, 4) is 0 Å². The molecule has 0 aromatic heterocycles. The third kappa shape index (κ3) is 6.21. The quantitative estimate of drug-likeness (QED) is 0.363. The first-order valence-corrected chi connectivity index (χ1v) is 11.6. The summed E-state index contributed by atoms with van der Waals surface area (Å²) in [6.07, 6.45) is -6.40. The van der Waals surface area contributed by atoms with E-state index in [4.69, 9.17) is 23.7 Å². The molecule has 1 heterocycles. The summed E-state index contributed by atoms with van der Waals surface area (Å²) in [5, 5.41) is 10.1. The smallest absolute Gasteiger partial charge is 0.338 e. The van der Waals surface area contributed by atoms with Gasteiger partial charge in [-0.2, -0.15) is 0 Å². The van der Waals surface area contributed by atoms with Crippen LogP contribution in [0.25, 0.3) is 0 Å². The Morgan fingerprint density at radius 1 is 0.649 bits per heavy atom. The van der Waals surface area contributed by atoms with Crippen LogP contribution in [0.15, 0.2) is 91.0 Å². The van der Waals surface area contributed by atoms with E-state index in [1.54, 1.807) is 91.0 Å². The van der Waals surface area contributed by atoms with Gasteiger partial charge in [-0.3, -0.25) is 0 Å². The molecule has 0 saturated carbocycles. The number of benzene rings is 3. The van der Waals surface area contributed by atoms with Crippen LogP contribution in [0.1, 0.15) is 31.1 Å². The Labute approximate surface area is 213 Å². The number of hydrogen-bond acceptors (Lipinski definition) is 9. The molecule has 0 spiro atoms. The lowest BCUT2D eigenvalue weighted by Crippen LogP contribution is -2.62. The second-order valence-corrected chi connectivity index (χ2v) is 8.17. The Bertz CT molecular complexity index is 1120. The van der Waals surface area contributed by atoms with Gasteiger partial charge in [0.2, 0.25) is 0 Å². The molecule has 0 bridgehead atoms. The number of methoxy groups -OCH3 is 1. The zero-order valence-corrected chi connectivity index (χ0v) is 20.0. The normalized spacial score (nSPS) is 23.0. The molecule has 1 fully saturated rings. The topological polar surface area (TPSA) is 118 Å². The van der Waals surface area contributed by atoms with Gasteiger partial charge >= 0.3 is 17.9 Å². The van der Waals surface area contributed by atoms with E-state index in [0.717, 1.165) is 0 Å². The number of rotatable bonds is 8. The number of aliphatic hydroxyl groups is 1. The summed E-state index contributed by atoms with van der Waals surface area (Å²) in [5.74, 6) is -2.22. The van der Waals surface area contributed by atoms with Crippen LogP contribution in [0.2, 0.25) is 0 Å². The van der Waals surface area contributed by atoms with E-state index in [0.29, 0.717) is 0 Å². The largest absolute Gasteiger partial charge is 0.452 e. The van der Waals surface area contributed by atoms with Crippen molar-refractivity contribution in [2.24, 2.45) is 0 Å². The molecule has 37 heavy (non-hydrogen) atoms. The van der Waals surface area contributed by atoms with Gasteiger partial charge in [0.25, 0.3) is 0 Å². The molecular formula is C28H26O9. The molecule has 0 unspecified atom stereocenters. The zero-order chi connectivity index (χ0) is 26.2. The molecule has 1 aliphatic rings. The lowest BCUT2D eigenvalue weighted by Gasteiger charge is -2.43. The number of carbonyl (C=O) groups excluding carboxylic acids is 3. The summed E-state index contributed by atoms with van der Waals surface area (Å²) in [6, 6.07) is 24.5. The fraction of sp³-hybridized carbons (Fsp3) is 0.250. The zero-order valence-electron chi connectivity index (χ0n) is 20.0. The molecule has 0 radical (unpaired) electrons. The summed E-state index contributed by atoms with van der Waals surface area (Å²) in [5.41, 5.74) is 0.705. The van der Waals surface area contributed by atoms with Crippen molar-refractivity contribution in [3.05, 3.63) is 108 Å². The summed E-state index contributed by atoms with van der Waals surface area (Å²) in [4.78, 5) is 38.9. The Balaban J connectivity index is 1.69. The van der Waals surface area contributed by atoms with Crippen LogP contribution in [0.3, 0.4) is 0 Å². The monoisotopic (exact) mass is 506 g/mol. The minimum atomic E-state index is -1.37. The molecule has 0 aliphatic carbocycles. The van der Waals surface area contributed by atoms with Gasteiger partial charge in [0, 0.05) is 7.11 Å². The summed E-state index contributed by atoms with van der Waals surface area (Å²) < 4.78 is 28.3. The van der Waals surface area contributed by atoms with Gasteiger partial charge < -0.3 is 28.8 Å². The molecule has 3 aromatic rings. The average molecular weight is 507 g/mol. The third-order valence-corrected chi connectivity index (χ3v) is 5.76. The van der Waals surface area contributed by atoms with Crippen LogP contribution in [0, 0.1) is 0 Å². The number of aliphatic hydroxyl groups excluding tert-OH is 1. The minimum absolute atomic E-state index is 0.227. The molecule has 3 aromatic carbocycles. The van der Waals surface area contributed by atoms with Crippen LogP contribution in [-0.4, -0.2) is 67.4 Å². The highest BCUT2D eigenvalue weighted by Crippen LogP contribution is 2.30. The second kappa shape index (κ2) is 12.3. The molecule has 5 atom stereocenters. The predicted molar refractivity (Wildman–Crippen MR) is 130 cm³/mol. The van der Waals surface area contributed by atoms with E-state index in [1.165, 1.54) is 7.11 Å². The lowest BCUT2D eigenvalue weighted by atomic mass is 9.97. The molecule has 1 saturated heterocycles. The fourth-order valence-corrected chi connectivity index (χ4v) is 3.91. The predicted octanol–water partition coefficient (Wildman–Crippen LogP) is 3.03. The Morgan fingerprint density at radius 2 is 1.03 bits per heavy atom. The van der Waals surface area contributed by atoms with E-state index in [9.17, 15) is 19.5 Å². The SMILES string of the molecule is CO[C@@H]1O[C@H](CO)[C@@H](OC(=O)c2ccccc2)[C@@H](OC(=O)c2ccccc2)[C@H]1OC(=O)c1ccccc1. The summed E-state index contributed by atoms with van der Waals surface area (Å²) >= 11 is 0. The maximum Gasteiger partial charge on any atom is 0.338 e. The fourth-order valence-electron chi connectivity index (χ4n) is 3.91. The van der Waals surface area contributed by atoms with Gasteiger partial charge in [-0.15, -0.1) is 0 Å².